The molecule has 0 amide bonds. The number of sulfonamides is 1. The number of nitrogens with one attached hydrogen (secondary N) is 1. The van der Waals surface area contributed by atoms with Crippen molar-refractivity contribution in [3.05, 3.63) is 90.0 Å². The number of hydrogen-bond donors (Lipinski definition) is 2. The van der Waals surface area contributed by atoms with Crippen LogP contribution in [0, 0.1) is 0 Å². The summed E-state index contributed by atoms with van der Waals surface area (Å²) in [6, 6.07) is 25.7. The molecule has 40 heavy (non-hydrogen) atoms. The monoisotopic (exact) mass is 581 g/mol. The summed E-state index contributed by atoms with van der Waals surface area (Å²) in [5, 5.41) is 11.7. The second-order valence-electron chi connectivity index (χ2n) is 9.76. The summed E-state index contributed by atoms with van der Waals surface area (Å²) in [5.74, 6) is 1.34. The lowest BCUT2D eigenvalue weighted by molar-refractivity contribution is -0.138. The van der Waals surface area contributed by atoms with Gasteiger partial charge in [-0.1, -0.05) is 48.0 Å². The molecule has 0 spiro atoms. The minimum atomic E-state index is -3.77. The summed E-state index contributed by atoms with van der Waals surface area (Å²) in [5.41, 5.74) is 2.00. The van der Waals surface area contributed by atoms with Gasteiger partial charge in [0.2, 0.25) is 16.3 Å². The second-order valence-corrected chi connectivity index (χ2v) is 12.0. The molecule has 2 N–H and O–H groups in total. The van der Waals surface area contributed by atoms with Crippen LogP contribution in [0.2, 0.25) is 5.02 Å². The van der Waals surface area contributed by atoms with E-state index in [1.807, 2.05) is 54.6 Å². The summed E-state index contributed by atoms with van der Waals surface area (Å²) >= 11 is 5.97. The van der Waals surface area contributed by atoms with Gasteiger partial charge in [-0.15, -0.1) is 0 Å². The third-order valence-electron chi connectivity index (χ3n) is 6.93. The van der Waals surface area contributed by atoms with Gasteiger partial charge in [-0.05, 0) is 96.1 Å². The van der Waals surface area contributed by atoms with Crippen LogP contribution in [0.3, 0.4) is 0 Å². The highest BCUT2D eigenvalue weighted by Crippen LogP contribution is 2.28. The van der Waals surface area contributed by atoms with Crippen LogP contribution >= 0.6 is 11.6 Å². The van der Waals surface area contributed by atoms with Gasteiger partial charge >= 0.3 is 0 Å². The molecule has 1 aliphatic carbocycles. The van der Waals surface area contributed by atoms with E-state index in [1.54, 1.807) is 30.3 Å². The zero-order chi connectivity index (χ0) is 28.0. The molecular formula is C31H32ClNO6S. The maximum atomic E-state index is 13.0. The Bertz CT molecular complexity index is 1520. The van der Waals surface area contributed by atoms with Crippen molar-refractivity contribution in [2.24, 2.45) is 0 Å². The van der Waals surface area contributed by atoms with Crippen LogP contribution in [-0.4, -0.2) is 39.3 Å². The van der Waals surface area contributed by atoms with E-state index in [1.165, 1.54) is 12.8 Å². The lowest BCUT2D eigenvalue weighted by Crippen LogP contribution is -2.30. The van der Waals surface area contributed by atoms with E-state index in [2.05, 4.69) is 4.72 Å². The Labute approximate surface area is 239 Å². The maximum Gasteiger partial charge on any atom is 0.240 e. The van der Waals surface area contributed by atoms with Crippen LogP contribution in [0.4, 0.5) is 0 Å². The van der Waals surface area contributed by atoms with Gasteiger partial charge in [-0.3, -0.25) is 0 Å². The molecule has 1 atom stereocenters. The van der Waals surface area contributed by atoms with Crippen molar-refractivity contribution in [1.82, 2.24) is 4.72 Å². The average Bonchev–Trinajstić information content (AvgIpc) is 3.47. The molecule has 0 bridgehead atoms. The van der Waals surface area contributed by atoms with Crippen LogP contribution in [0.5, 0.6) is 11.5 Å². The number of hydrogen-bond acceptors (Lipinski definition) is 6. The van der Waals surface area contributed by atoms with Gasteiger partial charge < -0.3 is 19.3 Å². The molecule has 210 valence electrons. The standard InChI is InChI=1S/C31H32ClNO6S/c32-26-11-5-22(6-12-26)23-7-13-28(14-8-23)39-31(37-21-34)17-18-33-40(35,36)30-16-10-24-19-29(15-9-25(24)20-30)38-27-3-1-2-4-27/h5-16,19-20,27,31,33-34H,1-4,17-18,21H2. The van der Waals surface area contributed by atoms with E-state index in [9.17, 15) is 13.5 Å². The van der Waals surface area contributed by atoms with Gasteiger partial charge in [0.25, 0.3) is 0 Å². The summed E-state index contributed by atoms with van der Waals surface area (Å²) < 4.78 is 45.8. The highest BCUT2D eigenvalue weighted by atomic mass is 35.5. The molecule has 0 radical (unpaired) electrons. The Morgan fingerprint density at radius 1 is 0.850 bits per heavy atom. The van der Waals surface area contributed by atoms with Gasteiger partial charge in [-0.2, -0.15) is 0 Å². The van der Waals surface area contributed by atoms with Crippen LogP contribution in [0.25, 0.3) is 21.9 Å². The van der Waals surface area contributed by atoms with E-state index >= 15 is 0 Å². The Hall–Kier alpha value is -3.14. The van der Waals surface area contributed by atoms with Crippen LogP contribution in [-0.2, 0) is 14.8 Å². The lowest BCUT2D eigenvalue weighted by atomic mass is 10.1. The molecule has 1 fully saturated rings. The number of ether oxygens (including phenoxy) is 3. The molecule has 1 aliphatic rings. The number of rotatable bonds is 12. The number of benzene rings is 4. The van der Waals surface area contributed by atoms with Crippen molar-refractivity contribution in [1.29, 1.82) is 0 Å². The van der Waals surface area contributed by atoms with Gasteiger partial charge in [-0.25, -0.2) is 13.1 Å². The molecular weight excluding hydrogens is 550 g/mol. The van der Waals surface area contributed by atoms with E-state index in [4.69, 9.17) is 25.8 Å². The molecule has 4 aromatic carbocycles. The fourth-order valence-electron chi connectivity index (χ4n) is 4.81. The highest BCUT2D eigenvalue weighted by Gasteiger charge is 2.19. The number of aliphatic hydroxyl groups excluding tert-OH is 1. The SMILES string of the molecule is O=S(=O)(NCCC(OCO)Oc1ccc(-c2ccc(Cl)cc2)cc1)c1ccc2cc(OC3CCCC3)ccc2c1. The van der Waals surface area contributed by atoms with Gasteiger partial charge in [0.15, 0.2) is 0 Å². The summed E-state index contributed by atoms with van der Waals surface area (Å²) in [6.07, 6.45) is 4.16. The summed E-state index contributed by atoms with van der Waals surface area (Å²) in [4.78, 5) is 0.169. The molecule has 7 nitrogen and oxygen atoms in total. The number of aliphatic hydroxyl groups is 1. The van der Waals surface area contributed by atoms with E-state index in [0.717, 1.165) is 40.5 Å². The Kier molecular flexibility index (Phi) is 9.24. The minimum absolute atomic E-state index is 0.0576. The quantitative estimate of drug-likeness (QED) is 0.185. The summed E-state index contributed by atoms with van der Waals surface area (Å²) in [6.45, 7) is -0.501. The molecule has 0 saturated heterocycles. The normalized spacial score (nSPS) is 14.8. The summed E-state index contributed by atoms with van der Waals surface area (Å²) in [7, 11) is -3.77. The fourth-order valence-corrected chi connectivity index (χ4v) is 6.02. The Balaban J connectivity index is 1.17. The van der Waals surface area contributed by atoms with Crippen molar-refractivity contribution < 1.29 is 27.7 Å². The third kappa shape index (κ3) is 7.33. The maximum absolute atomic E-state index is 13.0. The van der Waals surface area contributed by atoms with Crippen molar-refractivity contribution in [2.45, 2.75) is 49.4 Å². The predicted molar refractivity (Wildman–Crippen MR) is 156 cm³/mol. The van der Waals surface area contributed by atoms with Crippen molar-refractivity contribution in [3.63, 3.8) is 0 Å². The largest absolute Gasteiger partial charge is 0.490 e. The molecule has 0 aromatic heterocycles. The molecule has 1 unspecified atom stereocenters. The van der Waals surface area contributed by atoms with Crippen LogP contribution < -0.4 is 14.2 Å². The highest BCUT2D eigenvalue weighted by molar-refractivity contribution is 7.89. The second kappa shape index (κ2) is 13.0. The fraction of sp³-hybridized carbons (Fsp3) is 0.290. The number of halogens is 1. The first-order valence-corrected chi connectivity index (χ1v) is 15.2. The minimum Gasteiger partial charge on any atom is -0.490 e. The van der Waals surface area contributed by atoms with E-state index < -0.39 is 23.1 Å². The molecule has 9 heteroatoms. The molecule has 0 heterocycles. The zero-order valence-corrected chi connectivity index (χ0v) is 23.5. The molecule has 5 rings (SSSR count). The first kappa shape index (κ1) is 28.4. The van der Waals surface area contributed by atoms with Gasteiger partial charge in [0.1, 0.15) is 18.3 Å². The Morgan fingerprint density at radius 2 is 1.48 bits per heavy atom. The van der Waals surface area contributed by atoms with Crippen LogP contribution in [0.15, 0.2) is 89.8 Å². The van der Waals surface area contributed by atoms with Gasteiger partial charge in [0, 0.05) is 18.0 Å². The molecule has 1 saturated carbocycles. The van der Waals surface area contributed by atoms with E-state index in [0.29, 0.717) is 10.8 Å². The number of fused-ring (bicyclic) bond motifs is 1. The van der Waals surface area contributed by atoms with Crippen molar-refractivity contribution >= 4 is 32.4 Å². The third-order valence-corrected chi connectivity index (χ3v) is 8.64. The first-order valence-electron chi connectivity index (χ1n) is 13.3. The zero-order valence-electron chi connectivity index (χ0n) is 22.0. The lowest BCUT2D eigenvalue weighted by Gasteiger charge is -2.19. The molecule has 0 aliphatic heterocycles. The smallest absolute Gasteiger partial charge is 0.240 e. The molecule has 4 aromatic rings. The average molecular weight is 582 g/mol. The first-order chi connectivity index (χ1) is 19.4. The van der Waals surface area contributed by atoms with Crippen molar-refractivity contribution in [3.8, 4) is 22.6 Å². The van der Waals surface area contributed by atoms with E-state index in [-0.39, 0.29) is 24.0 Å². The van der Waals surface area contributed by atoms with Crippen LogP contribution in [0.1, 0.15) is 32.1 Å². The Morgan fingerprint density at radius 3 is 2.17 bits per heavy atom. The van der Waals surface area contributed by atoms with Crippen molar-refractivity contribution in [2.75, 3.05) is 13.3 Å². The van der Waals surface area contributed by atoms with Gasteiger partial charge in [0.05, 0.1) is 11.0 Å². The predicted octanol–water partition coefficient (Wildman–Crippen LogP) is 6.52. The topological polar surface area (TPSA) is 94.1 Å².